The number of rotatable bonds is 1. The first-order valence-electron chi connectivity index (χ1n) is 6.57. The first-order chi connectivity index (χ1) is 9.35. The first-order valence-corrected chi connectivity index (χ1v) is 6.57. The number of carbonyl (C=O) groups excluding carboxylic acids is 1. The zero-order valence-corrected chi connectivity index (χ0v) is 11.0. The van der Waals surface area contributed by atoms with Crippen LogP contribution < -0.4 is 0 Å². The van der Waals surface area contributed by atoms with Crippen LogP contribution >= 0.6 is 0 Å². The molecule has 1 aliphatic rings. The molecule has 0 radical (unpaired) electrons. The Labute approximate surface area is 114 Å². The summed E-state index contributed by atoms with van der Waals surface area (Å²) in [7, 11) is 0. The molecule has 20 heavy (non-hydrogen) atoms. The molecule has 1 aromatic carbocycles. The summed E-state index contributed by atoms with van der Waals surface area (Å²) in [6.45, 7) is 1.92. The van der Waals surface area contributed by atoms with Crippen molar-refractivity contribution in [2.24, 2.45) is 0 Å². The first kappa shape index (κ1) is 13.2. The minimum absolute atomic E-state index is 0.114. The van der Waals surface area contributed by atoms with Crippen molar-refractivity contribution >= 4 is 16.8 Å². The fraction of sp³-hybridized carbons (Fsp3) is 0.400. The maximum atomic E-state index is 12.7. The quantitative estimate of drug-likeness (QED) is 0.758. The number of hydrogen-bond acceptors (Lipinski definition) is 1. The lowest BCUT2D eigenvalue weighted by atomic mass is 9.92. The number of aryl methyl sites for hydroxylation is 1. The van der Waals surface area contributed by atoms with Crippen molar-refractivity contribution in [1.82, 2.24) is 4.57 Å². The molecule has 1 unspecified atom stereocenters. The zero-order valence-electron chi connectivity index (χ0n) is 11.0. The van der Waals surface area contributed by atoms with Crippen molar-refractivity contribution in [3.05, 3.63) is 35.5 Å². The van der Waals surface area contributed by atoms with E-state index in [1.165, 1.54) is 4.57 Å². The maximum absolute atomic E-state index is 12.7. The molecule has 0 N–H and O–H groups in total. The highest BCUT2D eigenvalue weighted by Gasteiger charge is 2.37. The Balaban J connectivity index is 2.14. The zero-order chi connectivity index (χ0) is 14.5. The van der Waals surface area contributed by atoms with E-state index in [1.807, 2.05) is 25.1 Å². The van der Waals surface area contributed by atoms with Gasteiger partial charge in [0.1, 0.15) is 0 Å². The van der Waals surface area contributed by atoms with Gasteiger partial charge in [0.2, 0.25) is 5.91 Å². The monoisotopic (exact) mass is 281 g/mol. The number of carbonyl (C=O) groups is 1. The Morgan fingerprint density at radius 2 is 2.05 bits per heavy atom. The van der Waals surface area contributed by atoms with Crippen LogP contribution in [0.15, 0.2) is 24.3 Å². The molecule has 3 rings (SSSR count). The minimum Gasteiger partial charge on any atom is -0.284 e. The molecule has 0 saturated heterocycles. The van der Waals surface area contributed by atoms with E-state index in [9.17, 15) is 18.0 Å². The maximum Gasteiger partial charge on any atom is 0.389 e. The van der Waals surface area contributed by atoms with E-state index in [0.717, 1.165) is 10.9 Å². The average Bonchev–Trinajstić information content (AvgIpc) is 2.70. The second-order valence-corrected chi connectivity index (χ2v) is 5.42. The van der Waals surface area contributed by atoms with Crippen LogP contribution in [0.3, 0.4) is 0 Å². The second-order valence-electron chi connectivity index (χ2n) is 5.42. The molecule has 1 aliphatic heterocycles. The fourth-order valence-corrected chi connectivity index (χ4v) is 2.98. The van der Waals surface area contributed by atoms with Gasteiger partial charge in [-0.3, -0.25) is 9.36 Å². The third-order valence-electron chi connectivity index (χ3n) is 3.84. The van der Waals surface area contributed by atoms with Gasteiger partial charge in [0.15, 0.2) is 0 Å². The minimum atomic E-state index is -4.21. The normalized spacial score (nSPS) is 19.4. The van der Waals surface area contributed by atoms with Crippen molar-refractivity contribution in [3.8, 4) is 0 Å². The van der Waals surface area contributed by atoms with E-state index in [4.69, 9.17) is 0 Å². The lowest BCUT2D eigenvalue weighted by Gasteiger charge is -2.25. The predicted octanol–water partition coefficient (Wildman–Crippen LogP) is 4.42. The summed E-state index contributed by atoms with van der Waals surface area (Å²) in [6, 6.07) is 7.31. The van der Waals surface area contributed by atoms with Gasteiger partial charge in [-0.25, -0.2) is 0 Å². The third kappa shape index (κ3) is 2.21. The van der Waals surface area contributed by atoms with Gasteiger partial charge in [0.25, 0.3) is 0 Å². The Hall–Kier alpha value is -1.78. The van der Waals surface area contributed by atoms with Crippen LogP contribution in [0.2, 0.25) is 0 Å². The van der Waals surface area contributed by atoms with Crippen LogP contribution in [0.5, 0.6) is 0 Å². The Morgan fingerprint density at radius 1 is 1.30 bits per heavy atom. The lowest BCUT2D eigenvalue weighted by molar-refractivity contribution is -0.139. The van der Waals surface area contributed by atoms with Crippen molar-refractivity contribution in [2.75, 3.05) is 0 Å². The third-order valence-corrected chi connectivity index (χ3v) is 3.84. The van der Waals surface area contributed by atoms with Crippen molar-refractivity contribution in [2.45, 2.75) is 38.3 Å². The SMILES string of the molecule is Cc1ccc2c(c1)cc1n2C(=O)CCC1CC(F)(F)F. The molecule has 106 valence electrons. The van der Waals surface area contributed by atoms with Crippen molar-refractivity contribution < 1.29 is 18.0 Å². The molecule has 0 bridgehead atoms. The largest absolute Gasteiger partial charge is 0.389 e. The highest BCUT2D eigenvalue weighted by molar-refractivity contribution is 5.95. The number of aromatic nitrogens is 1. The standard InChI is InChI=1S/C15H14F3NO/c1-9-2-4-12-11(6-9)7-13-10(8-15(16,17)18)3-5-14(20)19(12)13/h2,4,6-7,10H,3,5,8H2,1H3. The van der Waals surface area contributed by atoms with Crippen molar-refractivity contribution in [1.29, 1.82) is 0 Å². The van der Waals surface area contributed by atoms with Gasteiger partial charge >= 0.3 is 6.18 Å². The number of alkyl halides is 3. The van der Waals surface area contributed by atoms with Gasteiger partial charge in [0, 0.05) is 23.4 Å². The van der Waals surface area contributed by atoms with Crippen LogP contribution in [0.4, 0.5) is 13.2 Å². The van der Waals surface area contributed by atoms with Gasteiger partial charge < -0.3 is 0 Å². The molecule has 0 fully saturated rings. The lowest BCUT2D eigenvalue weighted by Crippen LogP contribution is -2.25. The smallest absolute Gasteiger partial charge is 0.284 e. The molecule has 5 heteroatoms. The summed E-state index contributed by atoms with van der Waals surface area (Å²) >= 11 is 0. The van der Waals surface area contributed by atoms with Crippen LogP contribution in [0.1, 0.15) is 41.2 Å². The Morgan fingerprint density at radius 3 is 2.75 bits per heavy atom. The highest BCUT2D eigenvalue weighted by atomic mass is 19.4. The summed E-state index contributed by atoms with van der Waals surface area (Å²) in [6.07, 6.45) is -4.63. The molecular formula is C15H14F3NO. The molecule has 0 saturated carbocycles. The summed E-state index contributed by atoms with van der Waals surface area (Å²) in [5, 5.41) is 0.836. The van der Waals surface area contributed by atoms with Gasteiger partial charge in [-0.05, 0) is 31.5 Å². The average molecular weight is 281 g/mol. The highest BCUT2D eigenvalue weighted by Crippen LogP contribution is 2.39. The summed E-state index contributed by atoms with van der Waals surface area (Å²) < 4.78 is 39.4. The summed E-state index contributed by atoms with van der Waals surface area (Å²) in [4.78, 5) is 12.0. The van der Waals surface area contributed by atoms with Crippen molar-refractivity contribution in [3.63, 3.8) is 0 Å². The molecule has 1 aromatic heterocycles. The number of halogens is 3. The van der Waals surface area contributed by atoms with Gasteiger partial charge in [-0.2, -0.15) is 13.2 Å². The van der Waals surface area contributed by atoms with Crippen LogP contribution in [0, 0.1) is 6.92 Å². The molecule has 0 amide bonds. The predicted molar refractivity (Wildman–Crippen MR) is 69.9 cm³/mol. The number of hydrogen-bond donors (Lipinski definition) is 0. The number of nitrogens with zero attached hydrogens (tertiary/aromatic N) is 1. The van der Waals surface area contributed by atoms with Gasteiger partial charge in [-0.1, -0.05) is 11.6 Å². The van der Waals surface area contributed by atoms with E-state index in [1.54, 1.807) is 6.07 Å². The van der Waals surface area contributed by atoms with Crippen LogP contribution in [0.25, 0.3) is 10.9 Å². The number of fused-ring (bicyclic) bond motifs is 3. The molecular weight excluding hydrogens is 267 g/mol. The summed E-state index contributed by atoms with van der Waals surface area (Å²) in [5.74, 6) is -0.738. The Kier molecular flexibility index (Phi) is 2.88. The van der Waals surface area contributed by atoms with E-state index < -0.39 is 18.5 Å². The molecule has 0 spiro atoms. The van der Waals surface area contributed by atoms with Gasteiger partial charge in [-0.15, -0.1) is 0 Å². The fourth-order valence-electron chi connectivity index (χ4n) is 2.98. The molecule has 2 heterocycles. The number of benzene rings is 1. The van der Waals surface area contributed by atoms with Gasteiger partial charge in [0.05, 0.1) is 11.9 Å². The molecule has 1 atom stereocenters. The molecule has 2 nitrogen and oxygen atoms in total. The van der Waals surface area contributed by atoms with E-state index in [-0.39, 0.29) is 18.7 Å². The molecule has 2 aromatic rings. The van der Waals surface area contributed by atoms with Crippen LogP contribution in [-0.2, 0) is 0 Å². The molecule has 0 aliphatic carbocycles. The topological polar surface area (TPSA) is 22.0 Å². The summed E-state index contributed by atoms with van der Waals surface area (Å²) in [5.41, 5.74) is 2.24. The Bertz CT molecular complexity index is 684. The van der Waals surface area contributed by atoms with E-state index in [2.05, 4.69) is 0 Å². The van der Waals surface area contributed by atoms with Crippen LogP contribution in [-0.4, -0.2) is 16.7 Å². The van der Waals surface area contributed by atoms with E-state index >= 15 is 0 Å². The second kappa shape index (κ2) is 4.36. The van der Waals surface area contributed by atoms with E-state index in [0.29, 0.717) is 11.2 Å².